The van der Waals surface area contributed by atoms with Crippen LogP contribution in [0.5, 0.6) is 0 Å². The van der Waals surface area contributed by atoms with Gasteiger partial charge in [0.15, 0.2) is 0 Å². The molecule has 9 heteroatoms. The predicted octanol–water partition coefficient (Wildman–Crippen LogP) is 2.82. The Morgan fingerprint density at radius 3 is 2.59 bits per heavy atom. The first-order chi connectivity index (χ1) is 12.9. The summed E-state index contributed by atoms with van der Waals surface area (Å²) in [5.74, 6) is -0.781. The lowest BCUT2D eigenvalue weighted by molar-refractivity contribution is -0.139. The summed E-state index contributed by atoms with van der Waals surface area (Å²) >= 11 is 3.13. The summed E-state index contributed by atoms with van der Waals surface area (Å²) in [5, 5.41) is 12.5. The van der Waals surface area contributed by atoms with E-state index in [1.54, 1.807) is 36.5 Å². The van der Waals surface area contributed by atoms with E-state index in [0.717, 1.165) is 20.4 Å². The van der Waals surface area contributed by atoms with E-state index < -0.39 is 17.5 Å². The van der Waals surface area contributed by atoms with Crippen molar-refractivity contribution in [2.75, 3.05) is 6.54 Å². The van der Waals surface area contributed by atoms with Gasteiger partial charge in [-0.3, -0.25) is 14.5 Å². The topological polar surface area (TPSA) is 82.1 Å². The molecule has 2 aromatic heterocycles. The molecule has 7 nitrogen and oxygen atoms in total. The van der Waals surface area contributed by atoms with Gasteiger partial charge in [-0.25, -0.2) is 9.80 Å². The van der Waals surface area contributed by atoms with E-state index in [1.807, 2.05) is 35.0 Å². The minimum atomic E-state index is -0.999. The minimum absolute atomic E-state index is 0.219. The van der Waals surface area contributed by atoms with Gasteiger partial charge < -0.3 is 5.32 Å². The van der Waals surface area contributed by atoms with Crippen LogP contribution in [0.15, 0.2) is 40.1 Å². The summed E-state index contributed by atoms with van der Waals surface area (Å²) in [6.45, 7) is 2.92. The van der Waals surface area contributed by atoms with Crippen LogP contribution in [0.3, 0.4) is 0 Å². The van der Waals surface area contributed by atoms with Crippen molar-refractivity contribution in [3.05, 3.63) is 44.8 Å². The van der Waals surface area contributed by atoms with Crippen LogP contribution < -0.4 is 5.32 Å². The molecular formula is C18H18N4O3S2. The molecule has 2 aliphatic rings. The molecule has 4 rings (SSSR count). The molecular weight excluding hydrogens is 384 g/mol. The maximum atomic E-state index is 13.0. The van der Waals surface area contributed by atoms with Crippen molar-refractivity contribution < 1.29 is 14.4 Å². The molecule has 2 aliphatic heterocycles. The quantitative estimate of drug-likeness (QED) is 0.799. The minimum Gasteiger partial charge on any atom is -0.324 e. The molecule has 0 aliphatic carbocycles. The second kappa shape index (κ2) is 6.58. The van der Waals surface area contributed by atoms with Gasteiger partial charge in [0, 0.05) is 11.3 Å². The summed E-state index contributed by atoms with van der Waals surface area (Å²) < 4.78 is 0. The normalized spacial score (nSPS) is 21.6. The Morgan fingerprint density at radius 2 is 2.00 bits per heavy atom. The number of nitrogens with zero attached hydrogens (tertiary/aromatic N) is 3. The van der Waals surface area contributed by atoms with Crippen molar-refractivity contribution in [3.8, 4) is 0 Å². The molecule has 1 N–H and O–H groups in total. The number of hydrazone groups is 1. The molecule has 1 unspecified atom stereocenters. The SMILES string of the molecule is CC1(C)NC(=O)N(CC(=O)N2N=C(c3cccs3)CC2c2cccs2)C1=O. The Kier molecular flexibility index (Phi) is 4.35. The fourth-order valence-electron chi connectivity index (χ4n) is 3.20. The summed E-state index contributed by atoms with van der Waals surface area (Å²) in [4.78, 5) is 40.5. The smallest absolute Gasteiger partial charge is 0.324 e. The first-order valence-corrected chi connectivity index (χ1v) is 10.2. The van der Waals surface area contributed by atoms with Gasteiger partial charge in [0.05, 0.1) is 16.6 Å². The molecule has 4 heterocycles. The monoisotopic (exact) mass is 402 g/mol. The molecule has 27 heavy (non-hydrogen) atoms. The predicted molar refractivity (Wildman–Crippen MR) is 104 cm³/mol. The molecule has 4 amide bonds. The zero-order valence-corrected chi connectivity index (χ0v) is 16.5. The van der Waals surface area contributed by atoms with Crippen molar-refractivity contribution in [2.24, 2.45) is 5.10 Å². The van der Waals surface area contributed by atoms with Crippen LogP contribution in [-0.2, 0) is 9.59 Å². The molecule has 0 saturated carbocycles. The van der Waals surface area contributed by atoms with Gasteiger partial charge in [-0.05, 0) is 36.7 Å². The molecule has 0 aromatic carbocycles. The highest BCUT2D eigenvalue weighted by Gasteiger charge is 2.46. The van der Waals surface area contributed by atoms with Crippen molar-refractivity contribution >= 4 is 46.2 Å². The highest BCUT2D eigenvalue weighted by molar-refractivity contribution is 7.12. The van der Waals surface area contributed by atoms with Crippen molar-refractivity contribution in [2.45, 2.75) is 31.8 Å². The van der Waals surface area contributed by atoms with E-state index in [-0.39, 0.29) is 18.5 Å². The third kappa shape index (κ3) is 3.17. The number of carbonyl (C=O) groups excluding carboxylic acids is 3. The number of carbonyl (C=O) groups is 3. The number of rotatable bonds is 4. The molecule has 0 spiro atoms. The van der Waals surface area contributed by atoms with Crippen molar-refractivity contribution in [1.82, 2.24) is 15.2 Å². The lowest BCUT2D eigenvalue weighted by Crippen LogP contribution is -2.43. The second-order valence-electron chi connectivity index (χ2n) is 6.94. The van der Waals surface area contributed by atoms with Gasteiger partial charge in [0.25, 0.3) is 11.8 Å². The van der Waals surface area contributed by atoms with Gasteiger partial charge in [0.1, 0.15) is 12.1 Å². The van der Waals surface area contributed by atoms with Gasteiger partial charge in [-0.1, -0.05) is 12.1 Å². The average Bonchev–Trinajstić information content (AvgIpc) is 3.39. The fraction of sp³-hybridized carbons (Fsp3) is 0.333. The molecule has 1 fully saturated rings. The molecule has 0 radical (unpaired) electrons. The maximum Gasteiger partial charge on any atom is 0.325 e. The lowest BCUT2D eigenvalue weighted by Gasteiger charge is -2.23. The van der Waals surface area contributed by atoms with Gasteiger partial charge in [-0.15, -0.1) is 22.7 Å². The number of nitrogens with one attached hydrogen (secondary N) is 1. The summed E-state index contributed by atoms with van der Waals surface area (Å²) in [6, 6.07) is 7.06. The number of imide groups is 1. The van der Waals surface area contributed by atoms with Crippen LogP contribution in [0.25, 0.3) is 0 Å². The Balaban J connectivity index is 1.60. The lowest BCUT2D eigenvalue weighted by atomic mass is 10.1. The van der Waals surface area contributed by atoms with Crippen LogP contribution in [0, 0.1) is 0 Å². The van der Waals surface area contributed by atoms with Crippen molar-refractivity contribution in [1.29, 1.82) is 0 Å². The fourth-order valence-corrected chi connectivity index (χ4v) is 4.74. The number of hydrogen-bond donors (Lipinski definition) is 1. The van der Waals surface area contributed by atoms with Gasteiger partial charge in [-0.2, -0.15) is 5.10 Å². The summed E-state index contributed by atoms with van der Waals surface area (Å²) in [6.07, 6.45) is 0.610. The maximum absolute atomic E-state index is 13.0. The van der Waals surface area contributed by atoms with E-state index in [1.165, 1.54) is 5.01 Å². The number of thiophene rings is 2. The van der Waals surface area contributed by atoms with Crippen molar-refractivity contribution in [3.63, 3.8) is 0 Å². The number of urea groups is 1. The van der Waals surface area contributed by atoms with Crippen LogP contribution in [0.1, 0.15) is 36.1 Å². The van der Waals surface area contributed by atoms with E-state index >= 15 is 0 Å². The first kappa shape index (κ1) is 17.9. The molecule has 1 atom stereocenters. The van der Waals surface area contributed by atoms with Crippen LogP contribution in [-0.4, -0.2) is 45.5 Å². The second-order valence-corrected chi connectivity index (χ2v) is 8.87. The van der Waals surface area contributed by atoms with E-state index in [2.05, 4.69) is 10.4 Å². The van der Waals surface area contributed by atoms with Gasteiger partial charge in [0.2, 0.25) is 0 Å². The Hall–Kier alpha value is -2.52. The standard InChI is InChI=1S/C18H18N4O3S2/c1-18(2)16(24)21(17(25)19-18)10-15(23)22-12(14-6-4-8-27-14)9-11(20-22)13-5-3-7-26-13/h3-8,12H,9-10H2,1-2H3,(H,19,25). The molecule has 1 saturated heterocycles. The van der Waals surface area contributed by atoms with Crippen LogP contribution >= 0.6 is 22.7 Å². The largest absolute Gasteiger partial charge is 0.325 e. The highest BCUT2D eigenvalue weighted by Crippen LogP contribution is 2.36. The average molecular weight is 403 g/mol. The zero-order chi connectivity index (χ0) is 19.2. The summed E-state index contributed by atoms with van der Waals surface area (Å²) in [5.41, 5.74) is -0.157. The van der Waals surface area contributed by atoms with Gasteiger partial charge >= 0.3 is 6.03 Å². The third-order valence-electron chi connectivity index (χ3n) is 4.58. The van der Waals surface area contributed by atoms with Crippen LogP contribution in [0.2, 0.25) is 0 Å². The highest BCUT2D eigenvalue weighted by atomic mass is 32.1. The summed E-state index contributed by atoms with van der Waals surface area (Å²) in [7, 11) is 0. The van der Waals surface area contributed by atoms with E-state index in [4.69, 9.17) is 0 Å². The molecule has 0 bridgehead atoms. The Labute approximate surface area is 164 Å². The Bertz CT molecular complexity index is 919. The molecule has 2 aromatic rings. The number of hydrogen-bond acceptors (Lipinski definition) is 6. The Morgan fingerprint density at radius 1 is 1.26 bits per heavy atom. The van der Waals surface area contributed by atoms with E-state index in [0.29, 0.717) is 6.42 Å². The molecule has 140 valence electrons. The third-order valence-corrected chi connectivity index (χ3v) is 6.47. The van der Waals surface area contributed by atoms with E-state index in [9.17, 15) is 14.4 Å². The van der Waals surface area contributed by atoms with Crippen LogP contribution in [0.4, 0.5) is 4.79 Å². The first-order valence-electron chi connectivity index (χ1n) is 8.48. The number of amides is 4. The zero-order valence-electron chi connectivity index (χ0n) is 14.8.